The molecule has 5 heteroatoms. The molecule has 0 aliphatic carbocycles. The molecule has 1 atom stereocenters. The standard InChI is InChI=1S/C13H16N2O3/c1-10(11-3-2-6-18-11)15-12(16)13(9-14)4-7-17-8-5-13/h2-3,6,10H,4-5,7-8H2,1H3,(H,15,16). The molecule has 1 aliphatic heterocycles. The molecule has 18 heavy (non-hydrogen) atoms. The van der Waals surface area contributed by atoms with Crippen molar-refractivity contribution in [2.75, 3.05) is 13.2 Å². The van der Waals surface area contributed by atoms with E-state index in [0.29, 0.717) is 31.8 Å². The van der Waals surface area contributed by atoms with Gasteiger partial charge in [-0.25, -0.2) is 0 Å². The van der Waals surface area contributed by atoms with Crippen LogP contribution in [0.1, 0.15) is 31.6 Å². The highest BCUT2D eigenvalue weighted by Crippen LogP contribution is 2.30. The van der Waals surface area contributed by atoms with Crippen molar-refractivity contribution in [2.45, 2.75) is 25.8 Å². The Labute approximate surface area is 106 Å². The fourth-order valence-corrected chi connectivity index (χ4v) is 2.05. The molecule has 0 spiro atoms. The average Bonchev–Trinajstić information content (AvgIpc) is 2.93. The van der Waals surface area contributed by atoms with Gasteiger partial charge in [-0.3, -0.25) is 4.79 Å². The van der Waals surface area contributed by atoms with E-state index in [2.05, 4.69) is 11.4 Å². The summed E-state index contributed by atoms with van der Waals surface area (Å²) in [6, 6.07) is 5.48. The number of carbonyl (C=O) groups excluding carboxylic acids is 1. The SMILES string of the molecule is CC(NC(=O)C1(C#N)CCOCC1)c1ccco1. The third-order valence-electron chi connectivity index (χ3n) is 3.31. The molecule has 1 saturated heterocycles. The van der Waals surface area contributed by atoms with E-state index in [1.165, 1.54) is 0 Å². The van der Waals surface area contributed by atoms with Crippen LogP contribution in [-0.4, -0.2) is 19.1 Å². The summed E-state index contributed by atoms with van der Waals surface area (Å²) in [7, 11) is 0. The van der Waals surface area contributed by atoms with E-state index < -0.39 is 5.41 Å². The third-order valence-corrected chi connectivity index (χ3v) is 3.31. The summed E-state index contributed by atoms with van der Waals surface area (Å²) < 4.78 is 10.4. The van der Waals surface area contributed by atoms with Crippen LogP contribution < -0.4 is 5.32 Å². The predicted molar refractivity (Wildman–Crippen MR) is 63.4 cm³/mol. The number of rotatable bonds is 3. The van der Waals surface area contributed by atoms with E-state index in [9.17, 15) is 10.1 Å². The number of hydrogen-bond donors (Lipinski definition) is 1. The molecule has 2 heterocycles. The number of amides is 1. The van der Waals surface area contributed by atoms with Crippen molar-refractivity contribution < 1.29 is 13.9 Å². The van der Waals surface area contributed by atoms with Gasteiger partial charge in [0.25, 0.3) is 0 Å². The zero-order valence-electron chi connectivity index (χ0n) is 10.3. The van der Waals surface area contributed by atoms with Gasteiger partial charge in [-0.15, -0.1) is 0 Å². The average molecular weight is 248 g/mol. The van der Waals surface area contributed by atoms with Crippen LogP contribution in [0.4, 0.5) is 0 Å². The number of nitrogens with zero attached hydrogens (tertiary/aromatic N) is 1. The Morgan fingerprint density at radius 3 is 2.83 bits per heavy atom. The van der Waals surface area contributed by atoms with Gasteiger partial charge in [0.1, 0.15) is 11.2 Å². The number of nitrogens with one attached hydrogen (secondary N) is 1. The Kier molecular flexibility index (Phi) is 3.68. The first-order chi connectivity index (χ1) is 8.68. The molecule has 1 aromatic rings. The smallest absolute Gasteiger partial charge is 0.241 e. The van der Waals surface area contributed by atoms with Crippen molar-refractivity contribution in [1.29, 1.82) is 5.26 Å². The highest BCUT2D eigenvalue weighted by Gasteiger charge is 2.41. The van der Waals surface area contributed by atoms with Crippen molar-refractivity contribution in [3.8, 4) is 6.07 Å². The summed E-state index contributed by atoms with van der Waals surface area (Å²) >= 11 is 0. The van der Waals surface area contributed by atoms with Crippen LogP contribution in [-0.2, 0) is 9.53 Å². The minimum atomic E-state index is -0.959. The summed E-state index contributed by atoms with van der Waals surface area (Å²) in [5.41, 5.74) is -0.959. The minimum Gasteiger partial charge on any atom is -0.467 e. The largest absolute Gasteiger partial charge is 0.467 e. The molecule has 1 amide bonds. The number of ether oxygens (including phenoxy) is 1. The van der Waals surface area contributed by atoms with Crippen molar-refractivity contribution in [2.24, 2.45) is 5.41 Å². The summed E-state index contributed by atoms with van der Waals surface area (Å²) in [6.07, 6.45) is 2.45. The van der Waals surface area contributed by atoms with E-state index in [4.69, 9.17) is 9.15 Å². The van der Waals surface area contributed by atoms with Gasteiger partial charge in [0.2, 0.25) is 5.91 Å². The first-order valence-corrected chi connectivity index (χ1v) is 6.01. The van der Waals surface area contributed by atoms with Crippen LogP contribution in [0.5, 0.6) is 0 Å². The van der Waals surface area contributed by atoms with Gasteiger partial charge in [0, 0.05) is 13.2 Å². The summed E-state index contributed by atoms with van der Waals surface area (Å²) in [4.78, 5) is 12.2. The van der Waals surface area contributed by atoms with E-state index in [1.807, 2.05) is 6.92 Å². The first kappa shape index (κ1) is 12.7. The van der Waals surface area contributed by atoms with Crippen molar-refractivity contribution in [1.82, 2.24) is 5.32 Å². The van der Waals surface area contributed by atoms with Crippen LogP contribution in [0.3, 0.4) is 0 Å². The molecule has 0 radical (unpaired) electrons. The molecule has 0 bridgehead atoms. The van der Waals surface area contributed by atoms with Gasteiger partial charge in [0.15, 0.2) is 0 Å². The summed E-state index contributed by atoms with van der Waals surface area (Å²) in [5, 5.41) is 12.1. The normalized spacial score (nSPS) is 19.8. The van der Waals surface area contributed by atoms with Gasteiger partial charge >= 0.3 is 0 Å². The third kappa shape index (κ3) is 2.39. The molecule has 1 N–H and O–H groups in total. The van der Waals surface area contributed by atoms with Crippen LogP contribution in [0.25, 0.3) is 0 Å². The number of furan rings is 1. The summed E-state index contributed by atoms with van der Waals surface area (Å²) in [5.74, 6) is 0.445. The van der Waals surface area contributed by atoms with Crippen LogP contribution in [0, 0.1) is 16.7 Å². The maximum Gasteiger partial charge on any atom is 0.241 e. The quantitative estimate of drug-likeness (QED) is 0.884. The van der Waals surface area contributed by atoms with Gasteiger partial charge < -0.3 is 14.5 Å². The second kappa shape index (κ2) is 5.23. The van der Waals surface area contributed by atoms with Gasteiger partial charge in [-0.2, -0.15) is 5.26 Å². The Morgan fingerprint density at radius 1 is 1.56 bits per heavy atom. The lowest BCUT2D eigenvalue weighted by atomic mass is 9.80. The molecule has 5 nitrogen and oxygen atoms in total. The molecule has 1 fully saturated rings. The Morgan fingerprint density at radius 2 is 2.28 bits per heavy atom. The second-order valence-electron chi connectivity index (χ2n) is 4.52. The molecule has 1 aliphatic rings. The molecule has 0 saturated carbocycles. The van der Waals surface area contributed by atoms with Crippen LogP contribution in [0.2, 0.25) is 0 Å². The molecule has 2 rings (SSSR count). The van der Waals surface area contributed by atoms with Crippen molar-refractivity contribution >= 4 is 5.91 Å². The number of hydrogen-bond acceptors (Lipinski definition) is 4. The molecule has 1 aromatic heterocycles. The number of carbonyl (C=O) groups is 1. The van der Waals surface area contributed by atoms with E-state index in [0.717, 1.165) is 0 Å². The zero-order valence-corrected chi connectivity index (χ0v) is 10.3. The lowest BCUT2D eigenvalue weighted by Gasteiger charge is -2.30. The maximum absolute atomic E-state index is 12.2. The zero-order chi connectivity index (χ0) is 13.0. The molecule has 96 valence electrons. The van der Waals surface area contributed by atoms with Gasteiger partial charge in [0.05, 0.1) is 18.4 Å². The van der Waals surface area contributed by atoms with Crippen LogP contribution >= 0.6 is 0 Å². The highest BCUT2D eigenvalue weighted by molar-refractivity contribution is 5.85. The minimum absolute atomic E-state index is 0.236. The van der Waals surface area contributed by atoms with E-state index in [-0.39, 0.29) is 11.9 Å². The Hall–Kier alpha value is -1.80. The molecular formula is C13H16N2O3. The molecule has 0 aromatic carbocycles. The van der Waals surface area contributed by atoms with E-state index >= 15 is 0 Å². The van der Waals surface area contributed by atoms with Crippen LogP contribution in [0.15, 0.2) is 22.8 Å². The fraction of sp³-hybridized carbons (Fsp3) is 0.538. The second-order valence-corrected chi connectivity index (χ2v) is 4.52. The lowest BCUT2D eigenvalue weighted by Crippen LogP contribution is -2.44. The van der Waals surface area contributed by atoms with E-state index in [1.54, 1.807) is 18.4 Å². The Bertz CT molecular complexity index is 441. The topological polar surface area (TPSA) is 75.3 Å². The fourth-order valence-electron chi connectivity index (χ4n) is 2.05. The molecule has 1 unspecified atom stereocenters. The monoisotopic (exact) mass is 248 g/mol. The summed E-state index contributed by atoms with van der Waals surface area (Å²) in [6.45, 7) is 2.74. The Balaban J connectivity index is 2.04. The predicted octanol–water partition coefficient (Wildman–Crippen LogP) is 1.78. The lowest BCUT2D eigenvalue weighted by molar-refractivity contribution is -0.133. The maximum atomic E-state index is 12.2. The van der Waals surface area contributed by atoms with Crippen molar-refractivity contribution in [3.05, 3.63) is 24.2 Å². The number of nitriles is 1. The highest BCUT2D eigenvalue weighted by atomic mass is 16.5. The van der Waals surface area contributed by atoms with Crippen molar-refractivity contribution in [3.63, 3.8) is 0 Å². The van der Waals surface area contributed by atoms with Gasteiger partial charge in [-0.1, -0.05) is 0 Å². The first-order valence-electron chi connectivity index (χ1n) is 6.01. The molecular weight excluding hydrogens is 232 g/mol. The van der Waals surface area contributed by atoms with Gasteiger partial charge in [-0.05, 0) is 31.9 Å².